The minimum atomic E-state index is 0.106. The van der Waals surface area contributed by atoms with E-state index in [9.17, 15) is 0 Å². The van der Waals surface area contributed by atoms with E-state index in [4.69, 9.17) is 17.4 Å². The van der Waals surface area contributed by atoms with Gasteiger partial charge in [-0.1, -0.05) is 48.9 Å². The third-order valence-corrected chi connectivity index (χ3v) is 4.46. The molecule has 0 aliphatic rings. The lowest BCUT2D eigenvalue weighted by atomic mass is 9.88. The van der Waals surface area contributed by atoms with Crippen molar-refractivity contribution in [3.05, 3.63) is 57.2 Å². The molecule has 4 heteroatoms. The van der Waals surface area contributed by atoms with Crippen molar-refractivity contribution in [2.24, 2.45) is 5.84 Å². The summed E-state index contributed by atoms with van der Waals surface area (Å²) in [5.41, 5.74) is 4.23. The molecule has 0 saturated carbocycles. The fraction of sp³-hybridized carbons (Fsp3) is 0.286. The summed E-state index contributed by atoms with van der Waals surface area (Å²) in [6, 6.07) is 14.5. The SMILES string of the molecule is CCC(c1ccccc1)C(NN)c1ccc(Cl)s1. The molecule has 0 spiro atoms. The van der Waals surface area contributed by atoms with Crippen LogP contribution in [0.2, 0.25) is 4.34 Å². The van der Waals surface area contributed by atoms with Crippen molar-refractivity contribution in [2.75, 3.05) is 0 Å². The van der Waals surface area contributed by atoms with Gasteiger partial charge in [0.2, 0.25) is 0 Å². The van der Waals surface area contributed by atoms with Crippen LogP contribution in [0, 0.1) is 0 Å². The van der Waals surface area contributed by atoms with Crippen LogP contribution < -0.4 is 11.3 Å². The van der Waals surface area contributed by atoms with Crippen LogP contribution in [-0.2, 0) is 0 Å². The fourth-order valence-corrected chi connectivity index (χ4v) is 3.44. The summed E-state index contributed by atoms with van der Waals surface area (Å²) in [5.74, 6) is 6.09. The molecule has 0 bridgehead atoms. The Morgan fingerprint density at radius 1 is 1.22 bits per heavy atom. The minimum Gasteiger partial charge on any atom is -0.271 e. The van der Waals surface area contributed by atoms with Crippen molar-refractivity contribution in [3.63, 3.8) is 0 Å². The Kier molecular flexibility index (Phi) is 4.78. The average Bonchev–Trinajstić information content (AvgIpc) is 2.83. The fourth-order valence-electron chi connectivity index (χ4n) is 2.26. The highest BCUT2D eigenvalue weighted by Gasteiger charge is 2.23. The van der Waals surface area contributed by atoms with E-state index >= 15 is 0 Å². The zero-order chi connectivity index (χ0) is 13.0. The molecule has 3 N–H and O–H groups in total. The highest BCUT2D eigenvalue weighted by Crippen LogP contribution is 2.37. The highest BCUT2D eigenvalue weighted by molar-refractivity contribution is 7.16. The van der Waals surface area contributed by atoms with Crippen LogP contribution in [0.1, 0.15) is 35.7 Å². The second-order valence-corrected chi connectivity index (χ2v) is 5.96. The molecule has 2 rings (SSSR count). The largest absolute Gasteiger partial charge is 0.271 e. The predicted molar refractivity (Wildman–Crippen MR) is 78.9 cm³/mol. The Morgan fingerprint density at radius 3 is 2.44 bits per heavy atom. The van der Waals surface area contributed by atoms with E-state index in [2.05, 4.69) is 36.6 Å². The molecule has 2 aromatic rings. The summed E-state index contributed by atoms with van der Waals surface area (Å²) < 4.78 is 0.799. The molecule has 0 fully saturated rings. The maximum Gasteiger partial charge on any atom is 0.0931 e. The zero-order valence-electron chi connectivity index (χ0n) is 10.3. The summed E-state index contributed by atoms with van der Waals surface area (Å²) in [6.07, 6.45) is 1.02. The van der Waals surface area contributed by atoms with Gasteiger partial charge in [-0.05, 0) is 24.1 Å². The highest BCUT2D eigenvalue weighted by atomic mass is 35.5. The number of thiophene rings is 1. The standard InChI is InChI=1S/C14H17ClN2S/c1-2-11(10-6-4-3-5-7-10)14(17-16)12-8-9-13(15)18-12/h3-9,11,14,17H,2,16H2,1H3. The lowest BCUT2D eigenvalue weighted by molar-refractivity contribution is 0.451. The number of benzene rings is 1. The first-order valence-corrected chi connectivity index (χ1v) is 7.22. The van der Waals surface area contributed by atoms with Crippen LogP contribution in [0.5, 0.6) is 0 Å². The lowest BCUT2D eigenvalue weighted by Crippen LogP contribution is -2.31. The molecule has 0 radical (unpaired) electrons. The van der Waals surface area contributed by atoms with Crippen molar-refractivity contribution in [3.8, 4) is 0 Å². The minimum absolute atomic E-state index is 0.106. The van der Waals surface area contributed by atoms with Gasteiger partial charge < -0.3 is 0 Å². The third-order valence-electron chi connectivity index (χ3n) is 3.15. The Hall–Kier alpha value is -0.870. The molecule has 0 saturated heterocycles. The van der Waals surface area contributed by atoms with Crippen molar-refractivity contribution in [2.45, 2.75) is 25.3 Å². The maximum absolute atomic E-state index is 6.01. The molecule has 96 valence electrons. The van der Waals surface area contributed by atoms with E-state index in [1.807, 2.05) is 18.2 Å². The first-order chi connectivity index (χ1) is 8.76. The van der Waals surface area contributed by atoms with Gasteiger partial charge in [0.1, 0.15) is 0 Å². The summed E-state index contributed by atoms with van der Waals surface area (Å²) >= 11 is 7.59. The summed E-state index contributed by atoms with van der Waals surface area (Å²) in [6.45, 7) is 2.18. The molecule has 1 heterocycles. The topological polar surface area (TPSA) is 38.0 Å². The first-order valence-electron chi connectivity index (χ1n) is 6.02. The van der Waals surface area contributed by atoms with Gasteiger partial charge in [-0.15, -0.1) is 11.3 Å². The van der Waals surface area contributed by atoms with Gasteiger partial charge in [-0.3, -0.25) is 11.3 Å². The smallest absolute Gasteiger partial charge is 0.0931 e. The van der Waals surface area contributed by atoms with Gasteiger partial charge in [0, 0.05) is 10.8 Å². The van der Waals surface area contributed by atoms with Crippen molar-refractivity contribution < 1.29 is 0 Å². The van der Waals surface area contributed by atoms with Crippen molar-refractivity contribution in [1.82, 2.24) is 5.43 Å². The van der Waals surface area contributed by atoms with E-state index in [1.165, 1.54) is 10.4 Å². The molecule has 1 aromatic heterocycles. The normalized spacial score (nSPS) is 14.4. The number of nitrogens with two attached hydrogens (primary N) is 1. The van der Waals surface area contributed by atoms with Gasteiger partial charge in [0.05, 0.1) is 10.4 Å². The first kappa shape index (κ1) is 13.6. The zero-order valence-corrected chi connectivity index (χ0v) is 11.8. The second-order valence-electron chi connectivity index (χ2n) is 4.21. The third kappa shape index (κ3) is 2.93. The molecule has 0 aliphatic carbocycles. The number of hydrogen-bond donors (Lipinski definition) is 2. The van der Waals surface area contributed by atoms with E-state index in [0.29, 0.717) is 5.92 Å². The molecule has 18 heavy (non-hydrogen) atoms. The van der Waals surface area contributed by atoms with Gasteiger partial charge >= 0.3 is 0 Å². The number of halogens is 1. The Morgan fingerprint density at radius 2 is 1.94 bits per heavy atom. The van der Waals surface area contributed by atoms with Gasteiger partial charge in [-0.2, -0.15) is 0 Å². The predicted octanol–water partition coefficient (Wildman–Crippen LogP) is 4.10. The summed E-state index contributed by atoms with van der Waals surface area (Å²) in [4.78, 5) is 1.18. The number of hydrogen-bond acceptors (Lipinski definition) is 3. The van der Waals surface area contributed by atoms with Gasteiger partial charge in [-0.25, -0.2) is 0 Å². The average molecular weight is 281 g/mol. The molecular weight excluding hydrogens is 264 g/mol. The van der Waals surface area contributed by atoms with Crippen LogP contribution in [0.25, 0.3) is 0 Å². The van der Waals surface area contributed by atoms with Crippen LogP contribution in [-0.4, -0.2) is 0 Å². The van der Waals surface area contributed by atoms with E-state index in [1.54, 1.807) is 11.3 Å². The Labute approximate surface area is 117 Å². The Bertz CT molecular complexity index is 484. The lowest BCUT2D eigenvalue weighted by Gasteiger charge is -2.25. The molecule has 2 unspecified atom stereocenters. The number of rotatable bonds is 5. The van der Waals surface area contributed by atoms with Crippen molar-refractivity contribution in [1.29, 1.82) is 0 Å². The van der Waals surface area contributed by atoms with Gasteiger partial charge in [0.25, 0.3) is 0 Å². The molecule has 2 nitrogen and oxygen atoms in total. The molecular formula is C14H17ClN2S. The van der Waals surface area contributed by atoms with E-state index < -0.39 is 0 Å². The summed E-state index contributed by atoms with van der Waals surface area (Å²) in [7, 11) is 0. The monoisotopic (exact) mass is 280 g/mol. The Balaban J connectivity index is 2.30. The molecule has 0 aliphatic heterocycles. The molecule has 0 amide bonds. The van der Waals surface area contributed by atoms with Crippen LogP contribution in [0.4, 0.5) is 0 Å². The van der Waals surface area contributed by atoms with Crippen LogP contribution in [0.15, 0.2) is 42.5 Å². The molecule has 2 atom stereocenters. The van der Waals surface area contributed by atoms with Crippen molar-refractivity contribution >= 4 is 22.9 Å². The number of hydrazine groups is 1. The number of nitrogens with one attached hydrogen (secondary N) is 1. The van der Waals surface area contributed by atoms with Gasteiger partial charge in [0.15, 0.2) is 0 Å². The van der Waals surface area contributed by atoms with Crippen LogP contribution >= 0.6 is 22.9 Å². The van der Waals surface area contributed by atoms with E-state index in [-0.39, 0.29) is 6.04 Å². The molecule has 1 aromatic carbocycles. The quantitative estimate of drug-likeness (QED) is 0.639. The maximum atomic E-state index is 6.01. The van der Waals surface area contributed by atoms with Crippen LogP contribution in [0.3, 0.4) is 0 Å². The van der Waals surface area contributed by atoms with E-state index in [0.717, 1.165) is 10.8 Å². The second kappa shape index (κ2) is 6.34. The summed E-state index contributed by atoms with van der Waals surface area (Å²) in [5, 5.41) is 0.